The lowest BCUT2D eigenvalue weighted by Gasteiger charge is -2.26. The maximum absolute atomic E-state index is 10.7. The molecule has 0 aliphatic heterocycles. The van der Waals surface area contributed by atoms with Gasteiger partial charge in [-0.05, 0) is 31.7 Å². The maximum atomic E-state index is 10.7. The van der Waals surface area contributed by atoms with Crippen LogP contribution in [0.1, 0.15) is 41.8 Å². The van der Waals surface area contributed by atoms with Crippen LogP contribution in [-0.2, 0) is 6.54 Å². The zero-order valence-corrected chi connectivity index (χ0v) is 9.69. The quantitative estimate of drug-likeness (QED) is 0.736. The van der Waals surface area contributed by atoms with Crippen molar-refractivity contribution in [3.05, 3.63) is 23.7 Å². The SMILES string of the molecule is NC1CCC(NCc2cc(C(=O)O)co2)CC1. The summed E-state index contributed by atoms with van der Waals surface area (Å²) in [4.78, 5) is 10.7. The van der Waals surface area contributed by atoms with Crippen LogP contribution in [0.2, 0.25) is 0 Å². The highest BCUT2D eigenvalue weighted by Gasteiger charge is 2.18. The molecular formula is C12H18N2O3. The van der Waals surface area contributed by atoms with Crippen molar-refractivity contribution in [1.82, 2.24) is 5.32 Å². The van der Waals surface area contributed by atoms with Gasteiger partial charge < -0.3 is 20.6 Å². The predicted octanol–water partition coefficient (Wildman–Crippen LogP) is 1.34. The molecule has 1 saturated carbocycles. The van der Waals surface area contributed by atoms with Gasteiger partial charge in [0.25, 0.3) is 0 Å². The Bertz CT molecular complexity index is 381. The van der Waals surface area contributed by atoms with E-state index in [1.54, 1.807) is 6.07 Å². The van der Waals surface area contributed by atoms with Gasteiger partial charge >= 0.3 is 5.97 Å². The van der Waals surface area contributed by atoms with Gasteiger partial charge in [-0.3, -0.25) is 0 Å². The molecule has 0 bridgehead atoms. The molecule has 1 fully saturated rings. The van der Waals surface area contributed by atoms with Crippen molar-refractivity contribution in [1.29, 1.82) is 0 Å². The van der Waals surface area contributed by atoms with E-state index in [9.17, 15) is 4.79 Å². The summed E-state index contributed by atoms with van der Waals surface area (Å²) in [5, 5.41) is 12.1. The molecular weight excluding hydrogens is 220 g/mol. The first-order chi connectivity index (χ1) is 8.15. The largest absolute Gasteiger partial charge is 0.478 e. The van der Waals surface area contributed by atoms with Crippen LogP contribution in [0, 0.1) is 0 Å². The van der Waals surface area contributed by atoms with Gasteiger partial charge in [0, 0.05) is 12.1 Å². The standard InChI is InChI=1S/C12H18N2O3/c13-9-1-3-10(4-2-9)14-6-11-5-8(7-17-11)12(15)16/h5,7,9-10,14H,1-4,6,13H2,(H,15,16). The average Bonchev–Trinajstić information content (AvgIpc) is 2.77. The van der Waals surface area contributed by atoms with Crippen LogP contribution >= 0.6 is 0 Å². The van der Waals surface area contributed by atoms with Gasteiger partial charge in [-0.25, -0.2) is 4.79 Å². The minimum absolute atomic E-state index is 0.201. The third kappa shape index (κ3) is 3.31. The second-order valence-corrected chi connectivity index (χ2v) is 4.60. The van der Waals surface area contributed by atoms with Crippen molar-refractivity contribution in [3.63, 3.8) is 0 Å². The summed E-state index contributed by atoms with van der Waals surface area (Å²) in [7, 11) is 0. The van der Waals surface area contributed by atoms with Crippen LogP contribution in [0.3, 0.4) is 0 Å². The van der Waals surface area contributed by atoms with Crippen LogP contribution in [0.4, 0.5) is 0 Å². The van der Waals surface area contributed by atoms with Gasteiger partial charge in [0.1, 0.15) is 12.0 Å². The van der Waals surface area contributed by atoms with E-state index < -0.39 is 5.97 Å². The van der Waals surface area contributed by atoms with Gasteiger partial charge in [-0.1, -0.05) is 0 Å². The lowest BCUT2D eigenvalue weighted by Crippen LogP contribution is -2.36. The molecule has 1 aromatic rings. The molecule has 5 nitrogen and oxygen atoms in total. The Balaban J connectivity index is 1.79. The molecule has 0 unspecified atom stereocenters. The molecule has 1 aromatic heterocycles. The minimum atomic E-state index is -0.955. The van der Waals surface area contributed by atoms with E-state index in [0.29, 0.717) is 24.4 Å². The van der Waals surface area contributed by atoms with Crippen LogP contribution in [0.25, 0.3) is 0 Å². The number of nitrogens with one attached hydrogen (secondary N) is 1. The van der Waals surface area contributed by atoms with Crippen molar-refractivity contribution in [2.75, 3.05) is 0 Å². The van der Waals surface area contributed by atoms with Crippen molar-refractivity contribution >= 4 is 5.97 Å². The normalized spacial score (nSPS) is 24.8. The topological polar surface area (TPSA) is 88.5 Å². The molecule has 17 heavy (non-hydrogen) atoms. The first-order valence-electron chi connectivity index (χ1n) is 5.95. The summed E-state index contributed by atoms with van der Waals surface area (Å²) in [5.74, 6) is -0.291. The molecule has 0 amide bonds. The Hall–Kier alpha value is -1.33. The summed E-state index contributed by atoms with van der Waals surface area (Å²) < 4.78 is 5.17. The monoisotopic (exact) mass is 238 g/mol. The van der Waals surface area contributed by atoms with E-state index in [0.717, 1.165) is 25.7 Å². The van der Waals surface area contributed by atoms with E-state index in [1.807, 2.05) is 0 Å². The van der Waals surface area contributed by atoms with Gasteiger partial charge in [0.05, 0.1) is 12.1 Å². The van der Waals surface area contributed by atoms with Gasteiger partial charge in [-0.2, -0.15) is 0 Å². The molecule has 0 aromatic carbocycles. The molecule has 1 aliphatic rings. The predicted molar refractivity (Wildman–Crippen MR) is 62.7 cm³/mol. The molecule has 94 valence electrons. The highest BCUT2D eigenvalue weighted by Crippen LogP contribution is 2.17. The first-order valence-corrected chi connectivity index (χ1v) is 5.95. The highest BCUT2D eigenvalue weighted by molar-refractivity contribution is 5.87. The molecule has 0 saturated heterocycles. The van der Waals surface area contributed by atoms with Crippen molar-refractivity contribution in [2.24, 2.45) is 5.73 Å². The van der Waals surface area contributed by atoms with Gasteiger partial charge in [0.2, 0.25) is 0 Å². The first kappa shape index (κ1) is 12.1. The molecule has 0 spiro atoms. The lowest BCUT2D eigenvalue weighted by atomic mass is 9.92. The van der Waals surface area contributed by atoms with E-state index >= 15 is 0 Å². The van der Waals surface area contributed by atoms with Gasteiger partial charge in [-0.15, -0.1) is 0 Å². The minimum Gasteiger partial charge on any atom is -0.478 e. The fourth-order valence-corrected chi connectivity index (χ4v) is 2.15. The van der Waals surface area contributed by atoms with Gasteiger partial charge in [0.15, 0.2) is 0 Å². The number of carboxylic acid groups (broad SMARTS) is 1. The average molecular weight is 238 g/mol. The maximum Gasteiger partial charge on any atom is 0.338 e. The van der Waals surface area contributed by atoms with Crippen molar-refractivity contribution < 1.29 is 14.3 Å². The molecule has 2 rings (SSSR count). The third-order valence-corrected chi connectivity index (χ3v) is 3.24. The van der Waals surface area contributed by atoms with E-state index in [2.05, 4.69) is 5.32 Å². The van der Waals surface area contributed by atoms with E-state index in [1.165, 1.54) is 6.26 Å². The molecule has 0 radical (unpaired) electrons. The fourth-order valence-electron chi connectivity index (χ4n) is 2.15. The number of hydrogen-bond donors (Lipinski definition) is 3. The fraction of sp³-hybridized carbons (Fsp3) is 0.583. The molecule has 1 heterocycles. The number of aromatic carboxylic acids is 1. The highest BCUT2D eigenvalue weighted by atomic mass is 16.4. The number of furan rings is 1. The zero-order chi connectivity index (χ0) is 12.3. The number of rotatable bonds is 4. The molecule has 0 atom stereocenters. The van der Waals surface area contributed by atoms with Crippen LogP contribution in [-0.4, -0.2) is 23.2 Å². The second-order valence-electron chi connectivity index (χ2n) is 4.60. The Kier molecular flexibility index (Phi) is 3.81. The summed E-state index contributed by atoms with van der Waals surface area (Å²) in [6.45, 7) is 0.577. The smallest absolute Gasteiger partial charge is 0.338 e. The Morgan fingerprint density at radius 3 is 2.76 bits per heavy atom. The molecule has 1 aliphatic carbocycles. The number of hydrogen-bond acceptors (Lipinski definition) is 4. The summed E-state index contributed by atoms with van der Waals surface area (Å²) in [6.07, 6.45) is 5.53. The Morgan fingerprint density at radius 1 is 1.47 bits per heavy atom. The summed E-state index contributed by atoms with van der Waals surface area (Å²) >= 11 is 0. The van der Waals surface area contributed by atoms with Crippen molar-refractivity contribution in [3.8, 4) is 0 Å². The van der Waals surface area contributed by atoms with E-state index in [-0.39, 0.29) is 5.56 Å². The lowest BCUT2D eigenvalue weighted by molar-refractivity contribution is 0.0696. The second kappa shape index (κ2) is 5.33. The van der Waals surface area contributed by atoms with Crippen molar-refractivity contribution in [2.45, 2.75) is 44.3 Å². The van der Waals surface area contributed by atoms with E-state index in [4.69, 9.17) is 15.3 Å². The third-order valence-electron chi connectivity index (χ3n) is 3.24. The molecule has 4 N–H and O–H groups in total. The van der Waals surface area contributed by atoms with Crippen LogP contribution in [0.15, 0.2) is 16.7 Å². The zero-order valence-electron chi connectivity index (χ0n) is 9.69. The number of carboxylic acids is 1. The number of nitrogens with two attached hydrogens (primary N) is 1. The Labute approximate surface area is 100.0 Å². The summed E-state index contributed by atoms with van der Waals surface area (Å²) in [5.41, 5.74) is 6.03. The number of carbonyl (C=O) groups is 1. The van der Waals surface area contributed by atoms with Crippen LogP contribution < -0.4 is 11.1 Å². The Morgan fingerprint density at radius 2 is 2.18 bits per heavy atom. The molecule has 5 heteroatoms. The van der Waals surface area contributed by atoms with Crippen LogP contribution in [0.5, 0.6) is 0 Å². The summed E-state index contributed by atoms with van der Waals surface area (Å²) in [6, 6.07) is 2.37.